The lowest BCUT2D eigenvalue weighted by atomic mass is 9.45. The summed E-state index contributed by atoms with van der Waals surface area (Å²) in [4.78, 5) is 24.8. The molecule has 1 heterocycles. The summed E-state index contributed by atoms with van der Waals surface area (Å²) in [5.74, 6) is 1.77. The lowest BCUT2D eigenvalue weighted by Gasteiger charge is -2.30. The molecule has 5 nitrogen and oxygen atoms in total. The van der Waals surface area contributed by atoms with Crippen LogP contribution in [0.3, 0.4) is 0 Å². The Morgan fingerprint density at radius 3 is 2.70 bits per heavy atom. The van der Waals surface area contributed by atoms with Crippen LogP contribution < -0.4 is 4.90 Å². The van der Waals surface area contributed by atoms with Crippen molar-refractivity contribution in [1.82, 2.24) is 0 Å². The highest BCUT2D eigenvalue weighted by Crippen LogP contribution is 2.23. The SMILES string of the molecule is COC(=O)c1cc(N2CCB(C#N)CC2)ccc1C=O. The van der Waals surface area contributed by atoms with Gasteiger partial charge in [-0.15, -0.1) is 0 Å². The van der Waals surface area contributed by atoms with Gasteiger partial charge < -0.3 is 9.64 Å². The van der Waals surface area contributed by atoms with Gasteiger partial charge >= 0.3 is 5.97 Å². The topological polar surface area (TPSA) is 70.4 Å². The number of nitriles is 1. The van der Waals surface area contributed by atoms with Gasteiger partial charge in [0.25, 0.3) is 6.71 Å². The van der Waals surface area contributed by atoms with Crippen molar-refractivity contribution in [3.05, 3.63) is 29.3 Å². The van der Waals surface area contributed by atoms with E-state index >= 15 is 0 Å². The third-order valence-corrected chi connectivity index (χ3v) is 3.61. The summed E-state index contributed by atoms with van der Waals surface area (Å²) in [6, 6.07) is 5.14. The summed E-state index contributed by atoms with van der Waals surface area (Å²) in [7, 11) is 1.29. The fraction of sp³-hybridized carbons (Fsp3) is 0.357. The number of hydrogen-bond acceptors (Lipinski definition) is 5. The molecule has 1 aliphatic rings. The number of esters is 1. The second-order valence-corrected chi connectivity index (χ2v) is 4.77. The van der Waals surface area contributed by atoms with Crippen molar-refractivity contribution >= 4 is 24.7 Å². The average Bonchev–Trinajstić information content (AvgIpc) is 2.53. The molecular formula is C14H15BN2O3. The molecule has 6 heteroatoms. The van der Waals surface area contributed by atoms with Crippen molar-refractivity contribution in [2.75, 3.05) is 25.1 Å². The number of methoxy groups -OCH3 is 1. The van der Waals surface area contributed by atoms with E-state index < -0.39 is 5.97 Å². The van der Waals surface area contributed by atoms with E-state index in [4.69, 9.17) is 10.00 Å². The third kappa shape index (κ3) is 2.82. The molecule has 0 spiro atoms. The third-order valence-electron chi connectivity index (χ3n) is 3.61. The fourth-order valence-electron chi connectivity index (χ4n) is 2.40. The van der Waals surface area contributed by atoms with Crippen LogP contribution in [0.1, 0.15) is 20.7 Å². The lowest BCUT2D eigenvalue weighted by Crippen LogP contribution is -2.36. The molecule has 0 amide bonds. The molecule has 1 aliphatic heterocycles. The normalized spacial score (nSPS) is 14.6. The largest absolute Gasteiger partial charge is 0.465 e. The molecule has 102 valence electrons. The van der Waals surface area contributed by atoms with Crippen LogP contribution in [-0.2, 0) is 4.74 Å². The Labute approximate surface area is 118 Å². The Kier molecular flexibility index (Phi) is 4.41. The number of hydrogen-bond donors (Lipinski definition) is 0. The first-order valence-electron chi connectivity index (χ1n) is 6.51. The van der Waals surface area contributed by atoms with Crippen LogP contribution in [-0.4, -0.2) is 39.2 Å². The van der Waals surface area contributed by atoms with Crippen LogP contribution in [0.5, 0.6) is 0 Å². The van der Waals surface area contributed by atoms with Crippen LogP contribution in [0.2, 0.25) is 12.6 Å². The zero-order valence-electron chi connectivity index (χ0n) is 11.3. The molecule has 1 fully saturated rings. The Bertz CT molecular complexity index is 560. The molecule has 0 N–H and O–H groups in total. The van der Waals surface area contributed by atoms with E-state index in [1.54, 1.807) is 12.1 Å². The monoisotopic (exact) mass is 270 g/mol. The van der Waals surface area contributed by atoms with Crippen molar-refractivity contribution in [2.45, 2.75) is 12.6 Å². The molecule has 0 aromatic heterocycles. The highest BCUT2D eigenvalue weighted by atomic mass is 16.5. The molecule has 2 rings (SSSR count). The summed E-state index contributed by atoms with van der Waals surface area (Å²) in [5.41, 5.74) is 1.49. The predicted octanol–water partition coefficient (Wildman–Crippen LogP) is 1.66. The quantitative estimate of drug-likeness (QED) is 0.474. The summed E-state index contributed by atoms with van der Waals surface area (Å²) in [5, 5.41) is 8.90. The van der Waals surface area contributed by atoms with Crippen LogP contribution >= 0.6 is 0 Å². The molecule has 1 saturated heterocycles. The van der Waals surface area contributed by atoms with E-state index in [0.29, 0.717) is 11.8 Å². The van der Waals surface area contributed by atoms with Crippen LogP contribution in [0, 0.1) is 11.2 Å². The number of aldehydes is 1. The van der Waals surface area contributed by atoms with Gasteiger partial charge in [-0.05, 0) is 30.8 Å². The molecule has 0 aliphatic carbocycles. The molecule has 1 aromatic carbocycles. The van der Waals surface area contributed by atoms with E-state index in [2.05, 4.69) is 10.9 Å². The summed E-state index contributed by atoms with van der Waals surface area (Å²) in [6.07, 6.45) is 2.29. The van der Waals surface area contributed by atoms with Gasteiger partial charge in [-0.2, -0.15) is 0 Å². The first kappa shape index (κ1) is 14.1. The number of carbonyl (C=O) groups excluding carboxylic acids is 2. The van der Waals surface area contributed by atoms with Crippen LogP contribution in [0.25, 0.3) is 0 Å². The number of anilines is 1. The van der Waals surface area contributed by atoms with Gasteiger partial charge in [0.1, 0.15) is 0 Å². The number of ether oxygens (including phenoxy) is 1. The number of rotatable bonds is 3. The maximum atomic E-state index is 11.7. The van der Waals surface area contributed by atoms with E-state index in [1.807, 2.05) is 6.07 Å². The van der Waals surface area contributed by atoms with Gasteiger partial charge in [-0.25, -0.2) is 10.1 Å². The average molecular weight is 270 g/mol. The smallest absolute Gasteiger partial charge is 0.338 e. The van der Waals surface area contributed by atoms with Crippen molar-refractivity contribution < 1.29 is 14.3 Å². The summed E-state index contributed by atoms with van der Waals surface area (Å²) < 4.78 is 4.70. The summed E-state index contributed by atoms with van der Waals surface area (Å²) >= 11 is 0. The zero-order chi connectivity index (χ0) is 14.5. The molecule has 1 aromatic rings. The maximum Gasteiger partial charge on any atom is 0.338 e. The van der Waals surface area contributed by atoms with Crippen molar-refractivity contribution in [2.24, 2.45) is 0 Å². The van der Waals surface area contributed by atoms with Gasteiger partial charge in [-0.3, -0.25) is 4.79 Å². The molecular weight excluding hydrogens is 255 g/mol. The highest BCUT2D eigenvalue weighted by molar-refractivity contribution is 6.67. The minimum absolute atomic E-state index is 0.112. The molecule has 20 heavy (non-hydrogen) atoms. The minimum atomic E-state index is -0.513. The number of carbonyl (C=O) groups is 2. The van der Waals surface area contributed by atoms with Crippen molar-refractivity contribution in [3.63, 3.8) is 0 Å². The number of nitrogens with zero attached hydrogens (tertiary/aromatic N) is 2. The van der Waals surface area contributed by atoms with Crippen molar-refractivity contribution in [1.29, 1.82) is 5.26 Å². The van der Waals surface area contributed by atoms with Gasteiger partial charge in [0.05, 0.1) is 12.7 Å². The number of benzene rings is 1. The van der Waals surface area contributed by atoms with Gasteiger partial charge in [0, 0.05) is 30.3 Å². The maximum absolute atomic E-state index is 11.7. The van der Waals surface area contributed by atoms with E-state index in [1.165, 1.54) is 7.11 Å². The molecule has 0 radical (unpaired) electrons. The van der Waals surface area contributed by atoms with E-state index in [9.17, 15) is 9.59 Å². The molecule has 0 saturated carbocycles. The van der Waals surface area contributed by atoms with E-state index in [0.717, 1.165) is 31.4 Å². The van der Waals surface area contributed by atoms with Gasteiger partial charge in [0.15, 0.2) is 6.29 Å². The van der Waals surface area contributed by atoms with Crippen LogP contribution in [0.4, 0.5) is 5.69 Å². The molecule has 0 unspecified atom stereocenters. The molecule has 0 bridgehead atoms. The zero-order valence-corrected chi connectivity index (χ0v) is 11.3. The van der Waals surface area contributed by atoms with E-state index in [-0.39, 0.29) is 12.3 Å². The Balaban J connectivity index is 2.23. The van der Waals surface area contributed by atoms with Crippen molar-refractivity contribution in [3.8, 4) is 5.97 Å². The van der Waals surface area contributed by atoms with Crippen LogP contribution in [0.15, 0.2) is 18.2 Å². The predicted molar refractivity (Wildman–Crippen MR) is 76.4 cm³/mol. The second-order valence-electron chi connectivity index (χ2n) is 4.77. The highest BCUT2D eigenvalue weighted by Gasteiger charge is 2.23. The fourth-order valence-corrected chi connectivity index (χ4v) is 2.40. The first-order valence-corrected chi connectivity index (χ1v) is 6.51. The second kappa shape index (κ2) is 6.24. The Hall–Kier alpha value is -2.29. The summed E-state index contributed by atoms with van der Waals surface area (Å²) in [6.45, 7) is 1.67. The van der Waals surface area contributed by atoms with Gasteiger partial charge in [-0.1, -0.05) is 0 Å². The lowest BCUT2D eigenvalue weighted by molar-refractivity contribution is 0.0598. The first-order chi connectivity index (χ1) is 9.69. The standard InChI is InChI=1S/C14H15BN2O3/c1-20-14(19)13-8-12(3-2-11(13)9-18)17-6-4-15(10-16)5-7-17/h2-3,8-9H,4-7H2,1H3. The van der Waals surface area contributed by atoms with Gasteiger partial charge in [0.2, 0.25) is 0 Å². The Morgan fingerprint density at radius 2 is 2.15 bits per heavy atom. The molecule has 0 atom stereocenters. The Morgan fingerprint density at radius 1 is 1.45 bits per heavy atom. The minimum Gasteiger partial charge on any atom is -0.465 e.